The highest BCUT2D eigenvalue weighted by Gasteiger charge is 2.50. The number of fused-ring (bicyclic) bond motifs is 13. The fourth-order valence-electron chi connectivity index (χ4n) is 25.5. The van der Waals surface area contributed by atoms with Crippen LogP contribution in [0.5, 0.6) is 0 Å². The molecule has 0 N–H and O–H groups in total. The predicted octanol–water partition coefficient (Wildman–Crippen LogP) is 39.8. The van der Waals surface area contributed by atoms with E-state index in [0.717, 1.165) is 156 Å². The highest BCUT2D eigenvalue weighted by Crippen LogP contribution is 2.65. The molecule has 2 heteroatoms. The van der Waals surface area contributed by atoms with Gasteiger partial charge in [0.15, 0.2) is 0 Å². The fourth-order valence-corrected chi connectivity index (χ4v) is 25.5. The van der Waals surface area contributed by atoms with Crippen molar-refractivity contribution in [1.29, 1.82) is 0 Å². The Morgan fingerprint density at radius 3 is 0.780 bits per heavy atom. The standard InChI is InChI=1S/C148H98N2/c1-9-45-99(46-10-1)115-65-25-26-66-116(115)104-53-41-55-107(95-104)141-127-73-33-29-69-123(127)125-71-31-35-75-129(125)145(141)149(139-83-43-81-137-143(139)131-77-37-39-79-135(131)147(137,109-57-17-5-18-58-109)110-59-19-6-20-60-110)113-88-85-103(86-89-113)117-91-87-106(97-133(117)101-49-13-3-14-50-101)120-94-93-119(121-67-27-28-68-122(120)121)105-54-42-56-108(96-105)142-128-74-34-30-70-124(128)126-72-32-36-76-130(126)146(142)150(114-90-92-118(100-47-11-2-12-48-100)134(98-114)102-51-15-4-16-52-102)140-84-44-82-138-144(140)132-78-38-40-80-136(132)148(138,111-61-21-7-22-62-111)112-63-23-8-24-64-112/h1-98H. The number of rotatable bonds is 20. The summed E-state index contributed by atoms with van der Waals surface area (Å²) in [6.45, 7) is 0. The molecule has 2 aliphatic rings. The van der Waals surface area contributed by atoms with Crippen LogP contribution in [0.25, 0.3) is 187 Å². The summed E-state index contributed by atoms with van der Waals surface area (Å²) < 4.78 is 0. The smallest absolute Gasteiger partial charge is 0.0714 e. The van der Waals surface area contributed by atoms with Crippen LogP contribution in [0, 0.1) is 0 Å². The van der Waals surface area contributed by atoms with Gasteiger partial charge >= 0.3 is 0 Å². The van der Waals surface area contributed by atoms with Gasteiger partial charge in [0.05, 0.1) is 33.6 Å². The largest absolute Gasteiger partial charge is 0.309 e. The second-order valence-electron chi connectivity index (χ2n) is 39.7. The lowest BCUT2D eigenvalue weighted by atomic mass is 9.68. The van der Waals surface area contributed by atoms with Gasteiger partial charge < -0.3 is 9.80 Å². The molecule has 2 nitrogen and oxygen atoms in total. The molecule has 26 aromatic carbocycles. The van der Waals surface area contributed by atoms with E-state index in [-0.39, 0.29) is 0 Å². The van der Waals surface area contributed by atoms with Crippen molar-refractivity contribution in [2.75, 3.05) is 9.80 Å². The molecule has 0 saturated heterocycles. The first-order valence-corrected chi connectivity index (χ1v) is 52.1. The van der Waals surface area contributed by atoms with Crippen LogP contribution in [0.1, 0.15) is 44.5 Å². The molecule has 0 aromatic heterocycles. The van der Waals surface area contributed by atoms with E-state index in [0.29, 0.717) is 0 Å². The van der Waals surface area contributed by atoms with Gasteiger partial charge in [-0.1, -0.05) is 540 Å². The van der Waals surface area contributed by atoms with Crippen LogP contribution < -0.4 is 9.80 Å². The van der Waals surface area contributed by atoms with Crippen molar-refractivity contribution in [1.82, 2.24) is 0 Å². The Hall–Kier alpha value is -19.4. The zero-order valence-electron chi connectivity index (χ0n) is 82.5. The highest BCUT2D eigenvalue weighted by atomic mass is 15.2. The van der Waals surface area contributed by atoms with Crippen LogP contribution in [0.15, 0.2) is 595 Å². The molecule has 150 heavy (non-hydrogen) atoms. The average Bonchev–Trinajstić information content (AvgIpc) is 1.52. The molecule has 26 aromatic rings. The second-order valence-corrected chi connectivity index (χ2v) is 39.7. The Bertz CT molecular complexity index is 9650. The Kier molecular flexibility index (Phi) is 21.8. The molecular formula is C148H98N2. The Labute approximate surface area is 874 Å². The van der Waals surface area contributed by atoms with E-state index in [1.165, 1.54) is 110 Å². The van der Waals surface area contributed by atoms with Gasteiger partial charge in [-0.25, -0.2) is 0 Å². The summed E-state index contributed by atoms with van der Waals surface area (Å²) in [5.41, 5.74) is 42.4. The van der Waals surface area contributed by atoms with E-state index in [9.17, 15) is 0 Å². The van der Waals surface area contributed by atoms with Crippen molar-refractivity contribution < 1.29 is 0 Å². The molecule has 0 unspecified atom stereocenters. The molecule has 28 rings (SSSR count). The molecule has 0 amide bonds. The van der Waals surface area contributed by atoms with Gasteiger partial charge in [-0.3, -0.25) is 0 Å². The van der Waals surface area contributed by atoms with Gasteiger partial charge in [-0.15, -0.1) is 0 Å². The zero-order valence-corrected chi connectivity index (χ0v) is 82.5. The first-order valence-electron chi connectivity index (χ1n) is 52.1. The SMILES string of the molecule is c1ccc(-c2ccccc2-c2cccc(-c3c(N(c4ccc(-c5ccc(-c6ccc(-c7cccc(-c8c(N(c9ccc(-c%10ccccc%10)c(-c%10ccccc%10)c9)c9cccc%10c9-c9ccccc9C%10(c9ccccc9)c9ccccc9)c9ccccc9c9ccccc89)c7)c7ccccc67)cc5-c5ccccc5)cc4)c4cccc5c4-c4ccccc4C5(c4ccccc4)c4ccccc4)c4ccccc4c4ccccc34)c2)cc1. The molecule has 2 aliphatic carbocycles. The van der Waals surface area contributed by atoms with Crippen LogP contribution in [0.2, 0.25) is 0 Å². The molecule has 0 atom stereocenters. The maximum atomic E-state index is 2.65. The van der Waals surface area contributed by atoms with Gasteiger partial charge in [0.1, 0.15) is 0 Å². The van der Waals surface area contributed by atoms with Crippen molar-refractivity contribution in [3.8, 4) is 134 Å². The van der Waals surface area contributed by atoms with E-state index < -0.39 is 10.8 Å². The summed E-state index contributed by atoms with van der Waals surface area (Å²) in [5, 5.41) is 11.7. The van der Waals surface area contributed by atoms with Gasteiger partial charge in [0.2, 0.25) is 0 Å². The van der Waals surface area contributed by atoms with Crippen molar-refractivity contribution in [2.45, 2.75) is 10.8 Å². The average molecular weight is 1900 g/mol. The molecule has 700 valence electrons. The summed E-state index contributed by atoms with van der Waals surface area (Å²) >= 11 is 0. The minimum absolute atomic E-state index is 0.671. The van der Waals surface area contributed by atoms with Crippen LogP contribution in [0.4, 0.5) is 34.1 Å². The second kappa shape index (κ2) is 37.0. The first kappa shape index (κ1) is 88.3. The van der Waals surface area contributed by atoms with E-state index in [4.69, 9.17) is 0 Å². The Morgan fingerprint density at radius 2 is 0.367 bits per heavy atom. The molecule has 0 fully saturated rings. The highest BCUT2D eigenvalue weighted by molar-refractivity contribution is 6.26. The maximum absolute atomic E-state index is 2.65. The molecule has 0 bridgehead atoms. The number of nitrogens with zero attached hydrogens (tertiary/aromatic N) is 2. The van der Waals surface area contributed by atoms with Gasteiger partial charge in [-0.2, -0.15) is 0 Å². The van der Waals surface area contributed by atoms with Crippen LogP contribution >= 0.6 is 0 Å². The number of hydrogen-bond donors (Lipinski definition) is 0. The molecule has 0 aliphatic heterocycles. The lowest BCUT2D eigenvalue weighted by molar-refractivity contribution is 0.768. The van der Waals surface area contributed by atoms with Crippen LogP contribution in [0.3, 0.4) is 0 Å². The van der Waals surface area contributed by atoms with Crippen molar-refractivity contribution in [3.63, 3.8) is 0 Å². The molecular weight excluding hydrogens is 1810 g/mol. The Balaban J connectivity index is 0.616. The summed E-state index contributed by atoms with van der Waals surface area (Å²) in [6, 6.07) is 223. The lowest BCUT2D eigenvalue weighted by Crippen LogP contribution is -2.28. The number of anilines is 6. The van der Waals surface area contributed by atoms with E-state index in [2.05, 4.69) is 604 Å². The lowest BCUT2D eigenvalue weighted by Gasteiger charge is -2.35. The summed E-state index contributed by atoms with van der Waals surface area (Å²) in [6.07, 6.45) is 0. The normalized spacial score (nSPS) is 12.5. The monoisotopic (exact) mass is 1900 g/mol. The van der Waals surface area contributed by atoms with Gasteiger partial charge in [-0.05, 0) is 253 Å². The molecule has 0 heterocycles. The van der Waals surface area contributed by atoms with Crippen molar-refractivity contribution in [2.24, 2.45) is 0 Å². The summed E-state index contributed by atoms with van der Waals surface area (Å²) in [5.74, 6) is 0. The number of hydrogen-bond acceptors (Lipinski definition) is 2. The van der Waals surface area contributed by atoms with Gasteiger partial charge in [0.25, 0.3) is 0 Å². The molecule has 0 radical (unpaired) electrons. The number of benzene rings is 26. The minimum Gasteiger partial charge on any atom is -0.309 e. The topological polar surface area (TPSA) is 6.48 Å². The predicted molar refractivity (Wildman–Crippen MR) is 632 cm³/mol. The van der Waals surface area contributed by atoms with E-state index in [1.54, 1.807) is 0 Å². The zero-order chi connectivity index (χ0) is 99.2. The van der Waals surface area contributed by atoms with Crippen molar-refractivity contribution >= 4 is 88.0 Å². The van der Waals surface area contributed by atoms with E-state index in [1.807, 2.05) is 0 Å². The first-order chi connectivity index (χ1) is 74.5. The van der Waals surface area contributed by atoms with Crippen molar-refractivity contribution in [3.05, 3.63) is 639 Å². The summed E-state index contributed by atoms with van der Waals surface area (Å²) in [4.78, 5) is 5.28. The third kappa shape index (κ3) is 14.4. The third-order valence-corrected chi connectivity index (χ3v) is 31.8. The fraction of sp³-hybridized carbons (Fsp3) is 0.0135. The quantitative estimate of drug-likeness (QED) is 0.0702. The molecule has 0 spiro atoms. The third-order valence-electron chi connectivity index (χ3n) is 31.8. The van der Waals surface area contributed by atoms with E-state index >= 15 is 0 Å². The Morgan fingerprint density at radius 1 is 0.120 bits per heavy atom. The minimum atomic E-state index is -0.671. The summed E-state index contributed by atoms with van der Waals surface area (Å²) in [7, 11) is 0. The van der Waals surface area contributed by atoms with Crippen LogP contribution in [-0.4, -0.2) is 0 Å². The van der Waals surface area contributed by atoms with Crippen LogP contribution in [-0.2, 0) is 10.8 Å². The molecule has 0 saturated carbocycles. The van der Waals surface area contributed by atoms with Gasteiger partial charge in [0, 0.05) is 44.4 Å². The maximum Gasteiger partial charge on any atom is 0.0714 e.